The monoisotopic (exact) mass is 512 g/mol. The molecule has 0 aliphatic carbocycles. The zero-order chi connectivity index (χ0) is 26.6. The van der Waals surface area contributed by atoms with Crippen molar-refractivity contribution in [3.8, 4) is 23.3 Å². The number of amides is 2. The molecule has 1 saturated heterocycles. The maximum absolute atomic E-state index is 12.6. The largest absolute Gasteiger partial charge is 0.456 e. The normalized spacial score (nSPS) is 15.0. The van der Waals surface area contributed by atoms with Crippen LogP contribution in [-0.4, -0.2) is 60.8 Å². The van der Waals surface area contributed by atoms with E-state index in [2.05, 4.69) is 42.8 Å². The average molecular weight is 513 g/mol. The number of ether oxygens (including phenoxy) is 1. The molecule has 0 unspecified atom stereocenters. The van der Waals surface area contributed by atoms with Crippen LogP contribution in [0.2, 0.25) is 0 Å². The molecule has 1 aliphatic rings. The first-order valence-electron chi connectivity index (χ1n) is 12.3. The highest BCUT2D eigenvalue weighted by Crippen LogP contribution is 2.33. The summed E-state index contributed by atoms with van der Waals surface area (Å²) in [7, 11) is 1.82. The number of likely N-dealkylation sites (tertiary alicyclic amines) is 1. The lowest BCUT2D eigenvalue weighted by Gasteiger charge is -2.32. The first kappa shape index (κ1) is 24.8. The Hall–Kier alpha value is -4.85. The second kappa shape index (κ2) is 10.6. The number of aromatic nitrogens is 5. The van der Waals surface area contributed by atoms with Crippen LogP contribution in [0.1, 0.15) is 35.8 Å². The maximum atomic E-state index is 12.6. The molecule has 0 radical (unpaired) electrons. The van der Waals surface area contributed by atoms with E-state index in [9.17, 15) is 9.59 Å². The minimum Gasteiger partial charge on any atom is -0.456 e. The van der Waals surface area contributed by atoms with E-state index in [1.54, 1.807) is 53.0 Å². The van der Waals surface area contributed by atoms with E-state index in [0.717, 1.165) is 18.5 Å². The van der Waals surface area contributed by atoms with Crippen molar-refractivity contribution in [2.24, 2.45) is 7.05 Å². The van der Waals surface area contributed by atoms with Gasteiger partial charge in [-0.2, -0.15) is 10.2 Å². The van der Waals surface area contributed by atoms with Crippen molar-refractivity contribution in [3.63, 3.8) is 0 Å². The Morgan fingerprint density at radius 3 is 2.76 bits per heavy atom. The Kier molecular flexibility index (Phi) is 6.95. The molecule has 1 fully saturated rings. The van der Waals surface area contributed by atoms with Crippen LogP contribution in [0, 0.1) is 18.8 Å². The number of hydrogen-bond acceptors (Lipinski definition) is 7. The van der Waals surface area contributed by atoms with Gasteiger partial charge in [0.25, 0.3) is 11.8 Å². The van der Waals surface area contributed by atoms with Crippen LogP contribution in [0.4, 0.5) is 11.6 Å². The Balaban J connectivity index is 1.30. The molecular formula is C27H28N8O3. The van der Waals surface area contributed by atoms with Crippen LogP contribution in [0.3, 0.4) is 0 Å². The summed E-state index contributed by atoms with van der Waals surface area (Å²) >= 11 is 0. The van der Waals surface area contributed by atoms with Gasteiger partial charge in [0.15, 0.2) is 17.3 Å². The maximum Gasteiger partial charge on any atom is 0.298 e. The lowest BCUT2D eigenvalue weighted by atomic mass is 10.1. The van der Waals surface area contributed by atoms with Crippen molar-refractivity contribution in [1.82, 2.24) is 29.9 Å². The van der Waals surface area contributed by atoms with E-state index in [1.807, 2.05) is 20.0 Å². The number of benzene rings is 1. The van der Waals surface area contributed by atoms with Crippen molar-refractivity contribution in [2.75, 3.05) is 23.7 Å². The van der Waals surface area contributed by atoms with E-state index in [-0.39, 0.29) is 17.9 Å². The SMILES string of the molecule is CC#CC(=O)N1CCC[C@@H](Nc2n[nH]c3nccc(Oc4ccc(C(=O)Nc5cc(C)n(C)n5)cc4)c23)C1. The summed E-state index contributed by atoms with van der Waals surface area (Å²) in [5, 5.41) is 18.6. The molecule has 1 atom stereocenters. The van der Waals surface area contributed by atoms with Crippen LogP contribution in [-0.2, 0) is 11.8 Å². The van der Waals surface area contributed by atoms with Gasteiger partial charge in [-0.3, -0.25) is 19.4 Å². The van der Waals surface area contributed by atoms with E-state index in [0.29, 0.717) is 52.8 Å². The number of H-pyrrole nitrogens is 1. The summed E-state index contributed by atoms with van der Waals surface area (Å²) in [6.07, 6.45) is 3.41. The lowest BCUT2D eigenvalue weighted by molar-refractivity contribution is -0.126. The van der Waals surface area contributed by atoms with Gasteiger partial charge in [0, 0.05) is 55.8 Å². The summed E-state index contributed by atoms with van der Waals surface area (Å²) in [4.78, 5) is 31.0. The van der Waals surface area contributed by atoms with Gasteiger partial charge in [-0.05, 0) is 56.9 Å². The predicted molar refractivity (Wildman–Crippen MR) is 143 cm³/mol. The number of aryl methyl sites for hydroxylation is 2. The van der Waals surface area contributed by atoms with Gasteiger partial charge in [-0.25, -0.2) is 4.98 Å². The number of aromatic amines is 1. The molecule has 0 spiro atoms. The molecule has 5 rings (SSSR count). The van der Waals surface area contributed by atoms with Gasteiger partial charge in [0.2, 0.25) is 0 Å². The zero-order valence-electron chi connectivity index (χ0n) is 21.4. The van der Waals surface area contributed by atoms with Gasteiger partial charge < -0.3 is 20.3 Å². The fraction of sp³-hybridized carbons (Fsp3) is 0.296. The molecule has 0 saturated carbocycles. The standard InChI is InChI=1S/C27H28N8O3/c1-4-6-23(36)35-14-5-7-19(16-35)29-26-24-21(12-13-28-25(24)31-32-26)38-20-10-8-18(9-11-20)27(37)30-22-15-17(2)34(3)33-22/h8-13,15,19H,5,7,14,16H2,1-3H3,(H,30,33,37)(H2,28,29,31,32)/t19-/m1/s1. The summed E-state index contributed by atoms with van der Waals surface area (Å²) in [5.74, 6) is 7.09. The molecule has 3 aromatic heterocycles. The number of piperidine rings is 1. The van der Waals surface area contributed by atoms with Gasteiger partial charge in [-0.15, -0.1) is 0 Å². The Morgan fingerprint density at radius 1 is 1.21 bits per heavy atom. The molecule has 0 bridgehead atoms. The van der Waals surface area contributed by atoms with Gasteiger partial charge in [-0.1, -0.05) is 5.92 Å². The number of rotatable bonds is 6. The highest BCUT2D eigenvalue weighted by molar-refractivity contribution is 6.03. The number of nitrogens with zero attached hydrogens (tertiary/aromatic N) is 5. The summed E-state index contributed by atoms with van der Waals surface area (Å²) in [6.45, 7) is 4.81. The number of carbonyl (C=O) groups is 2. The Morgan fingerprint density at radius 2 is 2.03 bits per heavy atom. The van der Waals surface area contributed by atoms with Crippen LogP contribution in [0.25, 0.3) is 11.0 Å². The Labute approximate surface area is 219 Å². The molecule has 194 valence electrons. The highest BCUT2D eigenvalue weighted by atomic mass is 16.5. The van der Waals surface area contributed by atoms with Crippen LogP contribution < -0.4 is 15.4 Å². The average Bonchev–Trinajstić information content (AvgIpc) is 3.47. The summed E-state index contributed by atoms with van der Waals surface area (Å²) in [5.41, 5.74) is 2.00. The first-order chi connectivity index (χ1) is 18.4. The molecule has 38 heavy (non-hydrogen) atoms. The fourth-order valence-electron chi connectivity index (χ4n) is 4.38. The zero-order valence-corrected chi connectivity index (χ0v) is 21.4. The molecule has 4 aromatic rings. The van der Waals surface area contributed by atoms with Crippen molar-refractivity contribution in [2.45, 2.75) is 32.7 Å². The number of fused-ring (bicyclic) bond motifs is 1. The van der Waals surface area contributed by atoms with E-state index in [1.165, 1.54) is 0 Å². The molecule has 1 aliphatic heterocycles. The van der Waals surface area contributed by atoms with Crippen LogP contribution in [0.5, 0.6) is 11.5 Å². The molecule has 4 heterocycles. The molecule has 3 N–H and O–H groups in total. The minimum atomic E-state index is -0.257. The minimum absolute atomic E-state index is 0.0200. The number of nitrogens with one attached hydrogen (secondary N) is 3. The van der Waals surface area contributed by atoms with Gasteiger partial charge >= 0.3 is 0 Å². The molecule has 1 aromatic carbocycles. The molecular weight excluding hydrogens is 484 g/mol. The van der Waals surface area contributed by atoms with Gasteiger partial charge in [0.1, 0.15) is 16.9 Å². The molecule has 11 heteroatoms. The molecule has 2 amide bonds. The summed E-state index contributed by atoms with van der Waals surface area (Å²) in [6, 6.07) is 10.4. The van der Waals surface area contributed by atoms with Crippen LogP contribution >= 0.6 is 0 Å². The first-order valence-corrected chi connectivity index (χ1v) is 12.3. The second-order valence-electron chi connectivity index (χ2n) is 9.09. The topological polar surface area (TPSA) is 130 Å². The lowest BCUT2D eigenvalue weighted by Crippen LogP contribution is -2.44. The number of carbonyl (C=O) groups excluding carboxylic acids is 2. The Bertz CT molecular complexity index is 1520. The second-order valence-corrected chi connectivity index (χ2v) is 9.09. The number of anilines is 2. The van der Waals surface area contributed by atoms with Crippen molar-refractivity contribution < 1.29 is 14.3 Å². The molecule has 11 nitrogen and oxygen atoms in total. The van der Waals surface area contributed by atoms with E-state index >= 15 is 0 Å². The van der Waals surface area contributed by atoms with Gasteiger partial charge in [0.05, 0.1) is 0 Å². The third-order valence-corrected chi connectivity index (χ3v) is 6.40. The van der Waals surface area contributed by atoms with Crippen molar-refractivity contribution >= 4 is 34.5 Å². The van der Waals surface area contributed by atoms with Crippen molar-refractivity contribution in [1.29, 1.82) is 0 Å². The third-order valence-electron chi connectivity index (χ3n) is 6.40. The van der Waals surface area contributed by atoms with Crippen molar-refractivity contribution in [3.05, 3.63) is 53.9 Å². The summed E-state index contributed by atoms with van der Waals surface area (Å²) < 4.78 is 7.87. The highest BCUT2D eigenvalue weighted by Gasteiger charge is 2.24. The van der Waals surface area contributed by atoms with E-state index < -0.39 is 0 Å². The van der Waals surface area contributed by atoms with Crippen LogP contribution in [0.15, 0.2) is 42.6 Å². The number of pyridine rings is 1. The number of hydrogen-bond donors (Lipinski definition) is 3. The third kappa shape index (κ3) is 5.29. The predicted octanol–water partition coefficient (Wildman–Crippen LogP) is 3.47. The fourth-order valence-corrected chi connectivity index (χ4v) is 4.38. The van der Waals surface area contributed by atoms with E-state index in [4.69, 9.17) is 4.74 Å². The quantitative estimate of drug-likeness (QED) is 0.337. The smallest absolute Gasteiger partial charge is 0.298 e.